The molecule has 2 unspecified atom stereocenters. The van der Waals surface area contributed by atoms with Gasteiger partial charge in [0.15, 0.2) is 0 Å². The number of nitrogens with zero attached hydrogens (tertiary/aromatic N) is 1. The van der Waals surface area contributed by atoms with E-state index >= 15 is 0 Å². The first-order valence-corrected chi connectivity index (χ1v) is 15.8. The molecule has 0 bridgehead atoms. The summed E-state index contributed by atoms with van der Waals surface area (Å²) in [6.07, 6.45) is 0.830. The van der Waals surface area contributed by atoms with E-state index in [9.17, 15) is 14.7 Å². The molecule has 4 rings (SSSR count). The first kappa shape index (κ1) is 34.7. The van der Waals surface area contributed by atoms with Crippen molar-refractivity contribution >= 4 is 12.0 Å². The maximum atomic E-state index is 12.8. The second kappa shape index (κ2) is 18.1. The van der Waals surface area contributed by atoms with Crippen molar-refractivity contribution in [1.82, 2.24) is 10.2 Å². The number of para-hydroxylation sites is 1. The van der Waals surface area contributed by atoms with E-state index in [0.29, 0.717) is 51.5 Å². The van der Waals surface area contributed by atoms with E-state index in [-0.39, 0.29) is 31.1 Å². The molecule has 0 saturated carbocycles. The van der Waals surface area contributed by atoms with Crippen molar-refractivity contribution in [1.29, 1.82) is 0 Å². The Morgan fingerprint density at radius 3 is 2.52 bits per heavy atom. The summed E-state index contributed by atoms with van der Waals surface area (Å²) in [5.74, 6) is 1.47. The van der Waals surface area contributed by atoms with Crippen molar-refractivity contribution in [3.8, 4) is 11.5 Å². The lowest BCUT2D eigenvalue weighted by Gasteiger charge is -2.37. The molecule has 3 aromatic carbocycles. The summed E-state index contributed by atoms with van der Waals surface area (Å²) in [7, 11) is 3.29. The molecule has 1 fully saturated rings. The number of carbonyl (C=O) groups is 2. The predicted molar refractivity (Wildman–Crippen MR) is 175 cm³/mol. The zero-order valence-corrected chi connectivity index (χ0v) is 27.0. The van der Waals surface area contributed by atoms with Gasteiger partial charge < -0.3 is 39.0 Å². The van der Waals surface area contributed by atoms with Crippen molar-refractivity contribution in [2.45, 2.75) is 51.4 Å². The van der Waals surface area contributed by atoms with Gasteiger partial charge in [-0.25, -0.2) is 4.79 Å². The number of hydrogen-bond donors (Lipinski definition) is 2. The van der Waals surface area contributed by atoms with Gasteiger partial charge in [-0.3, -0.25) is 4.79 Å². The summed E-state index contributed by atoms with van der Waals surface area (Å²) < 4.78 is 28.5. The van der Waals surface area contributed by atoms with E-state index in [4.69, 9.17) is 23.7 Å². The van der Waals surface area contributed by atoms with Gasteiger partial charge in [-0.05, 0) is 60.7 Å². The van der Waals surface area contributed by atoms with Crippen molar-refractivity contribution in [2.24, 2.45) is 0 Å². The van der Waals surface area contributed by atoms with E-state index in [0.717, 1.165) is 46.6 Å². The average molecular weight is 635 g/mol. The van der Waals surface area contributed by atoms with Gasteiger partial charge in [-0.1, -0.05) is 42.5 Å². The van der Waals surface area contributed by atoms with Crippen LogP contribution in [0.3, 0.4) is 0 Å². The van der Waals surface area contributed by atoms with Crippen LogP contribution in [0.25, 0.3) is 0 Å². The minimum atomic E-state index is -0.953. The Bertz CT molecular complexity index is 1400. The monoisotopic (exact) mass is 634 g/mol. The van der Waals surface area contributed by atoms with Crippen LogP contribution in [0.1, 0.15) is 57.8 Å². The highest BCUT2D eigenvalue weighted by Crippen LogP contribution is 2.32. The maximum Gasteiger partial charge on any atom is 0.407 e. The van der Waals surface area contributed by atoms with Crippen LogP contribution in [-0.4, -0.2) is 81.8 Å². The second-order valence-electron chi connectivity index (χ2n) is 11.4. The zero-order chi connectivity index (χ0) is 32.7. The van der Waals surface area contributed by atoms with Gasteiger partial charge in [0.2, 0.25) is 0 Å². The quantitative estimate of drug-likeness (QED) is 0.179. The number of likely N-dealkylation sites (tertiary alicyclic amines) is 1. The molecule has 0 aliphatic carbocycles. The molecule has 1 aliphatic rings. The van der Waals surface area contributed by atoms with Crippen molar-refractivity contribution in [3.63, 3.8) is 0 Å². The number of methoxy groups -OCH3 is 2. The lowest BCUT2D eigenvalue weighted by Crippen LogP contribution is -2.46. The van der Waals surface area contributed by atoms with E-state index in [1.807, 2.05) is 73.7 Å². The summed E-state index contributed by atoms with van der Waals surface area (Å²) >= 11 is 0. The van der Waals surface area contributed by atoms with E-state index in [1.165, 1.54) is 4.90 Å². The number of nitrogens with one attached hydrogen (secondary N) is 1. The third kappa shape index (κ3) is 10.2. The summed E-state index contributed by atoms with van der Waals surface area (Å²) in [5.41, 5.74) is 4.42. The highest BCUT2D eigenvalue weighted by Gasteiger charge is 2.33. The second-order valence-corrected chi connectivity index (χ2v) is 11.4. The Labute approximate surface area is 271 Å². The fourth-order valence-electron chi connectivity index (χ4n) is 5.53. The van der Waals surface area contributed by atoms with Crippen molar-refractivity contribution in [3.05, 3.63) is 94.5 Å². The molecule has 10 nitrogen and oxygen atoms in total. The molecule has 0 spiro atoms. The first-order valence-electron chi connectivity index (χ1n) is 15.8. The summed E-state index contributed by atoms with van der Waals surface area (Å²) in [6, 6.07) is 21.5. The fourth-order valence-corrected chi connectivity index (χ4v) is 5.53. The number of benzene rings is 3. The Morgan fingerprint density at radius 1 is 0.957 bits per heavy atom. The molecule has 0 aromatic heterocycles. The Hall–Kier alpha value is -4.12. The highest BCUT2D eigenvalue weighted by atomic mass is 16.5. The first-order chi connectivity index (χ1) is 22.4. The molecule has 46 heavy (non-hydrogen) atoms. The van der Waals surface area contributed by atoms with E-state index < -0.39 is 6.09 Å². The number of ether oxygens (including phenoxy) is 5. The molecule has 2 amide bonds. The fraction of sp³-hybridized carbons (Fsp3) is 0.444. The number of rotatable bonds is 17. The molecular weight excluding hydrogens is 588 g/mol. The zero-order valence-electron chi connectivity index (χ0n) is 27.0. The van der Waals surface area contributed by atoms with Crippen LogP contribution in [0.15, 0.2) is 66.7 Å². The molecule has 1 heterocycles. The lowest BCUT2D eigenvalue weighted by molar-refractivity contribution is -0.0199. The van der Waals surface area contributed by atoms with Crippen LogP contribution < -0.4 is 14.8 Å². The van der Waals surface area contributed by atoms with E-state index in [1.54, 1.807) is 14.2 Å². The number of amides is 2. The smallest absolute Gasteiger partial charge is 0.407 e. The minimum absolute atomic E-state index is 0.0158. The molecule has 2 N–H and O–H groups in total. The number of hydrogen-bond acceptors (Lipinski definition) is 7. The van der Waals surface area contributed by atoms with Crippen LogP contribution in [0.5, 0.6) is 11.5 Å². The average Bonchev–Trinajstić information content (AvgIpc) is 3.08. The molecule has 1 aliphatic heterocycles. The SMILES string of the molecule is COCCCNC(=O)c1cc(COC2CN(C(=O)O)CCC2c2ccc(OCCCOCc3ccccc3OC)cc2)ccc1C. The van der Waals surface area contributed by atoms with Crippen LogP contribution in [-0.2, 0) is 27.4 Å². The number of piperidine rings is 1. The van der Waals surface area contributed by atoms with Crippen LogP contribution in [0.2, 0.25) is 0 Å². The topological polar surface area (TPSA) is 116 Å². The summed E-state index contributed by atoms with van der Waals surface area (Å²) in [6.45, 7) is 5.57. The molecule has 1 saturated heterocycles. The van der Waals surface area contributed by atoms with Gasteiger partial charge in [-0.2, -0.15) is 0 Å². The number of carbonyl (C=O) groups excluding carboxylic acids is 1. The largest absolute Gasteiger partial charge is 0.496 e. The minimum Gasteiger partial charge on any atom is -0.496 e. The highest BCUT2D eigenvalue weighted by molar-refractivity contribution is 5.95. The van der Waals surface area contributed by atoms with Crippen LogP contribution >= 0.6 is 0 Å². The van der Waals surface area contributed by atoms with Gasteiger partial charge in [0.05, 0.1) is 46.2 Å². The van der Waals surface area contributed by atoms with Gasteiger partial charge in [0.1, 0.15) is 11.5 Å². The van der Waals surface area contributed by atoms with Crippen molar-refractivity contribution in [2.75, 3.05) is 53.7 Å². The number of aryl methyl sites for hydroxylation is 1. The van der Waals surface area contributed by atoms with Gasteiger partial charge in [-0.15, -0.1) is 0 Å². The third-order valence-corrected chi connectivity index (χ3v) is 8.11. The molecule has 3 aromatic rings. The van der Waals surface area contributed by atoms with Crippen LogP contribution in [0, 0.1) is 6.92 Å². The van der Waals surface area contributed by atoms with Crippen LogP contribution in [0.4, 0.5) is 4.79 Å². The predicted octanol–water partition coefficient (Wildman–Crippen LogP) is 5.81. The molecule has 10 heteroatoms. The Morgan fingerprint density at radius 2 is 1.76 bits per heavy atom. The van der Waals surface area contributed by atoms with Crippen molar-refractivity contribution < 1.29 is 38.4 Å². The van der Waals surface area contributed by atoms with E-state index in [2.05, 4.69) is 5.32 Å². The number of carboxylic acid groups (broad SMARTS) is 1. The molecule has 248 valence electrons. The third-order valence-electron chi connectivity index (χ3n) is 8.11. The maximum absolute atomic E-state index is 12.8. The van der Waals surface area contributed by atoms with Gasteiger partial charge in [0, 0.05) is 50.3 Å². The molecular formula is C36H46N2O8. The Kier molecular flexibility index (Phi) is 13.7. The summed E-state index contributed by atoms with van der Waals surface area (Å²) in [4.78, 5) is 26.0. The van der Waals surface area contributed by atoms with Gasteiger partial charge >= 0.3 is 6.09 Å². The van der Waals surface area contributed by atoms with Gasteiger partial charge in [0.25, 0.3) is 5.91 Å². The normalized spacial score (nSPS) is 16.2. The molecule has 0 radical (unpaired) electrons. The lowest BCUT2D eigenvalue weighted by atomic mass is 9.87. The standard InChI is InChI=1S/C36H46N2O8/c1-26-10-11-27(22-32(26)35(39)37-17-6-19-42-2)24-46-34-23-38(36(40)41)18-16-31(34)28-12-14-30(15-13-28)45-21-7-20-44-25-29-8-4-5-9-33(29)43-3/h4-5,8-15,22,31,34H,6-7,16-21,23-25H2,1-3H3,(H,37,39)(H,40,41). The molecule has 2 atom stereocenters. The summed E-state index contributed by atoms with van der Waals surface area (Å²) in [5, 5.41) is 12.6. The Balaban J connectivity index is 1.30.